The van der Waals surface area contributed by atoms with Crippen molar-refractivity contribution < 1.29 is 9.59 Å². The first-order valence-electron chi connectivity index (χ1n) is 7.82. The zero-order chi connectivity index (χ0) is 15.1. The molecule has 2 fully saturated rings. The second-order valence-electron chi connectivity index (χ2n) is 5.90. The highest BCUT2D eigenvalue weighted by Crippen LogP contribution is 2.25. The van der Waals surface area contributed by atoms with E-state index in [1.165, 1.54) is 25.7 Å². The molecule has 0 aromatic heterocycles. The van der Waals surface area contributed by atoms with Gasteiger partial charge in [0.05, 0.1) is 6.07 Å². The maximum atomic E-state index is 11.9. The monoisotopic (exact) mass is 289 g/mol. The van der Waals surface area contributed by atoms with Gasteiger partial charge < -0.3 is 10.2 Å². The number of hydrogen-bond acceptors (Lipinski definition) is 3. The maximum absolute atomic E-state index is 11.9. The number of nitriles is 1. The molecule has 1 saturated heterocycles. The third-order valence-electron chi connectivity index (χ3n) is 4.34. The van der Waals surface area contributed by atoms with Gasteiger partial charge in [0.1, 0.15) is 6.42 Å². The average Bonchev–Trinajstić information content (AvgIpc) is 2.99. The number of rotatable bonds is 4. The van der Waals surface area contributed by atoms with Gasteiger partial charge in [0, 0.05) is 19.1 Å². The van der Waals surface area contributed by atoms with E-state index < -0.39 is 0 Å². The first-order valence-corrected chi connectivity index (χ1v) is 7.82. The molecular formula is C16H23N3O2. The number of carbonyl (C=O) groups excluding carboxylic acids is 2. The number of likely N-dealkylation sites (tertiary alicyclic amines) is 1. The fraction of sp³-hybridized carbons (Fsp3) is 0.688. The van der Waals surface area contributed by atoms with Crippen LogP contribution in [0, 0.1) is 17.2 Å². The summed E-state index contributed by atoms with van der Waals surface area (Å²) in [4.78, 5) is 25.2. The van der Waals surface area contributed by atoms with Crippen molar-refractivity contribution in [2.75, 3.05) is 13.1 Å². The fourth-order valence-corrected chi connectivity index (χ4v) is 3.08. The van der Waals surface area contributed by atoms with Crippen LogP contribution in [0.5, 0.6) is 0 Å². The zero-order valence-corrected chi connectivity index (χ0v) is 12.4. The average molecular weight is 289 g/mol. The van der Waals surface area contributed by atoms with Crippen LogP contribution in [-0.4, -0.2) is 35.8 Å². The van der Waals surface area contributed by atoms with Gasteiger partial charge >= 0.3 is 0 Å². The Morgan fingerprint density at radius 3 is 2.48 bits per heavy atom. The summed E-state index contributed by atoms with van der Waals surface area (Å²) in [5.41, 5.74) is 0. The normalized spacial score (nSPS) is 20.6. The highest BCUT2D eigenvalue weighted by molar-refractivity contribution is 5.87. The van der Waals surface area contributed by atoms with Gasteiger partial charge in [0.2, 0.25) is 11.8 Å². The zero-order valence-electron chi connectivity index (χ0n) is 12.4. The van der Waals surface area contributed by atoms with Crippen molar-refractivity contribution in [3.63, 3.8) is 0 Å². The van der Waals surface area contributed by atoms with E-state index in [-0.39, 0.29) is 24.3 Å². The number of carbonyl (C=O) groups is 2. The van der Waals surface area contributed by atoms with E-state index >= 15 is 0 Å². The maximum Gasteiger partial charge on any atom is 0.243 e. The van der Waals surface area contributed by atoms with Crippen LogP contribution < -0.4 is 5.32 Å². The highest BCUT2D eigenvalue weighted by atomic mass is 16.2. The van der Waals surface area contributed by atoms with Gasteiger partial charge in [-0.25, -0.2) is 0 Å². The van der Waals surface area contributed by atoms with Crippen molar-refractivity contribution in [1.82, 2.24) is 10.2 Å². The largest absolute Gasteiger partial charge is 0.350 e. The number of nitrogens with zero attached hydrogens (tertiary/aromatic N) is 2. The Labute approximate surface area is 126 Å². The molecular weight excluding hydrogens is 266 g/mol. The van der Waals surface area contributed by atoms with Gasteiger partial charge in [-0.3, -0.25) is 9.59 Å². The quantitative estimate of drug-likeness (QED) is 0.801. The molecule has 1 N–H and O–H groups in total. The van der Waals surface area contributed by atoms with Gasteiger partial charge in [-0.1, -0.05) is 18.9 Å². The molecule has 0 aromatic carbocycles. The molecule has 114 valence electrons. The molecule has 0 atom stereocenters. The van der Waals surface area contributed by atoms with Crippen molar-refractivity contribution in [1.29, 1.82) is 5.26 Å². The third kappa shape index (κ3) is 4.89. The molecule has 0 bridgehead atoms. The summed E-state index contributed by atoms with van der Waals surface area (Å²) in [6.45, 7) is 1.25. The minimum absolute atomic E-state index is 0.0244. The standard InChI is InChI=1S/C16H23N3O2/c17-10-7-16(21)19-11-8-14(9-12-19)18-15(20)6-5-13-3-1-2-4-13/h5-6,13-14H,1-4,7-9,11-12H2,(H,18,20)/b6-5+. The number of hydrogen-bond donors (Lipinski definition) is 1. The van der Waals surface area contributed by atoms with E-state index in [9.17, 15) is 9.59 Å². The summed E-state index contributed by atoms with van der Waals surface area (Å²) in [5.74, 6) is 0.438. The topological polar surface area (TPSA) is 73.2 Å². The lowest BCUT2D eigenvalue weighted by molar-refractivity contribution is -0.131. The molecule has 21 heavy (non-hydrogen) atoms. The second-order valence-corrected chi connectivity index (χ2v) is 5.90. The summed E-state index contributed by atoms with van der Waals surface area (Å²) < 4.78 is 0. The summed E-state index contributed by atoms with van der Waals surface area (Å²) in [7, 11) is 0. The number of allylic oxidation sites excluding steroid dienone is 1. The number of nitrogens with one attached hydrogen (secondary N) is 1. The Balaban J connectivity index is 1.69. The first kappa shape index (κ1) is 15.6. The van der Waals surface area contributed by atoms with E-state index in [1.54, 1.807) is 11.0 Å². The van der Waals surface area contributed by atoms with Gasteiger partial charge in [-0.2, -0.15) is 5.26 Å². The molecule has 1 aliphatic carbocycles. The molecule has 1 saturated carbocycles. The molecule has 0 aromatic rings. The number of piperidine rings is 1. The first-order chi connectivity index (χ1) is 10.2. The van der Waals surface area contributed by atoms with Crippen molar-refractivity contribution in [2.24, 2.45) is 5.92 Å². The summed E-state index contributed by atoms with van der Waals surface area (Å²) in [6.07, 6.45) is 10.1. The van der Waals surface area contributed by atoms with Gasteiger partial charge in [-0.15, -0.1) is 0 Å². The van der Waals surface area contributed by atoms with Crippen LogP contribution in [0.1, 0.15) is 44.9 Å². The van der Waals surface area contributed by atoms with Crippen LogP contribution in [0.4, 0.5) is 0 Å². The number of amides is 2. The lowest BCUT2D eigenvalue weighted by Crippen LogP contribution is -2.46. The lowest BCUT2D eigenvalue weighted by Gasteiger charge is -2.31. The molecule has 0 spiro atoms. The molecule has 2 amide bonds. The molecule has 0 radical (unpaired) electrons. The van der Waals surface area contributed by atoms with Crippen LogP contribution in [0.15, 0.2) is 12.2 Å². The third-order valence-corrected chi connectivity index (χ3v) is 4.34. The van der Waals surface area contributed by atoms with E-state index in [1.807, 2.05) is 12.1 Å². The smallest absolute Gasteiger partial charge is 0.243 e. The van der Waals surface area contributed by atoms with Gasteiger partial charge in [-0.05, 0) is 37.7 Å². The fourth-order valence-electron chi connectivity index (χ4n) is 3.08. The SMILES string of the molecule is N#CCC(=O)N1CCC(NC(=O)/C=C/C2CCCC2)CC1. The molecule has 1 aliphatic heterocycles. The molecule has 5 heteroatoms. The van der Waals surface area contributed by atoms with E-state index in [2.05, 4.69) is 5.32 Å². The summed E-state index contributed by atoms with van der Waals surface area (Å²) in [5, 5.41) is 11.5. The Hall–Kier alpha value is -1.83. The molecule has 2 aliphatic rings. The molecule has 0 unspecified atom stereocenters. The molecule has 2 rings (SSSR count). The Morgan fingerprint density at radius 2 is 1.86 bits per heavy atom. The molecule has 5 nitrogen and oxygen atoms in total. The minimum atomic E-state index is -0.108. The van der Waals surface area contributed by atoms with Crippen LogP contribution in [-0.2, 0) is 9.59 Å². The minimum Gasteiger partial charge on any atom is -0.350 e. The second kappa shape index (κ2) is 7.82. The van der Waals surface area contributed by atoms with Crippen LogP contribution >= 0.6 is 0 Å². The van der Waals surface area contributed by atoms with Crippen LogP contribution in [0.25, 0.3) is 0 Å². The van der Waals surface area contributed by atoms with Crippen molar-refractivity contribution in [3.05, 3.63) is 12.2 Å². The Kier molecular flexibility index (Phi) is 5.79. The predicted octanol–water partition coefficient (Wildman–Crippen LogP) is 1.75. The van der Waals surface area contributed by atoms with Crippen molar-refractivity contribution in [3.8, 4) is 6.07 Å². The van der Waals surface area contributed by atoms with E-state index in [0.717, 1.165) is 12.8 Å². The molecule has 1 heterocycles. The van der Waals surface area contributed by atoms with Crippen LogP contribution in [0.3, 0.4) is 0 Å². The van der Waals surface area contributed by atoms with Gasteiger partial charge in [0.25, 0.3) is 0 Å². The van der Waals surface area contributed by atoms with Crippen molar-refractivity contribution in [2.45, 2.75) is 51.0 Å². The van der Waals surface area contributed by atoms with E-state index in [4.69, 9.17) is 5.26 Å². The Bertz CT molecular complexity index is 439. The summed E-state index contributed by atoms with van der Waals surface area (Å²) in [6, 6.07) is 2.02. The predicted molar refractivity (Wildman–Crippen MR) is 79.1 cm³/mol. The van der Waals surface area contributed by atoms with Gasteiger partial charge in [0.15, 0.2) is 0 Å². The van der Waals surface area contributed by atoms with Crippen molar-refractivity contribution >= 4 is 11.8 Å². The highest BCUT2D eigenvalue weighted by Gasteiger charge is 2.23. The summed E-state index contributed by atoms with van der Waals surface area (Å²) >= 11 is 0. The lowest BCUT2D eigenvalue weighted by atomic mass is 10.0. The van der Waals surface area contributed by atoms with E-state index in [0.29, 0.717) is 19.0 Å². The Morgan fingerprint density at radius 1 is 1.19 bits per heavy atom. The van der Waals surface area contributed by atoms with Crippen LogP contribution in [0.2, 0.25) is 0 Å².